The fraction of sp³-hybridized carbons (Fsp3) is 0.207. The average molecular weight is 594 g/mol. The Morgan fingerprint density at radius 3 is 2.34 bits per heavy atom. The molecule has 0 bridgehead atoms. The molecule has 214 valence electrons. The maximum atomic E-state index is 14.8. The fourth-order valence-electron chi connectivity index (χ4n) is 3.37. The first kappa shape index (κ1) is 31.1. The Bertz CT molecular complexity index is 1610. The minimum Gasteiger partial charge on any atom is -0.483 e. The van der Waals surface area contributed by atoms with Crippen molar-refractivity contribution in [1.82, 2.24) is 0 Å². The van der Waals surface area contributed by atoms with Crippen LogP contribution in [0.2, 0.25) is 5.02 Å². The van der Waals surface area contributed by atoms with Crippen LogP contribution in [0, 0.1) is 35.8 Å². The molecule has 1 amide bonds. The first-order valence-corrected chi connectivity index (χ1v) is 12.1. The fourth-order valence-corrected chi connectivity index (χ4v) is 3.54. The van der Waals surface area contributed by atoms with E-state index in [1.807, 2.05) is 0 Å². The Labute approximate surface area is 236 Å². The number of ketones is 1. The van der Waals surface area contributed by atoms with Gasteiger partial charge in [0, 0.05) is 21.8 Å². The molecule has 0 aromatic heterocycles. The van der Waals surface area contributed by atoms with Crippen molar-refractivity contribution in [3.05, 3.63) is 93.0 Å². The molecule has 0 aliphatic carbocycles. The Hall–Kier alpha value is -4.43. The van der Waals surface area contributed by atoms with Crippen LogP contribution >= 0.6 is 11.6 Å². The summed E-state index contributed by atoms with van der Waals surface area (Å²) < 4.78 is 73.5. The summed E-state index contributed by atoms with van der Waals surface area (Å²) in [5, 5.41) is 11.6. The Balaban J connectivity index is 1.79. The van der Waals surface area contributed by atoms with Gasteiger partial charge < -0.3 is 15.2 Å². The van der Waals surface area contributed by atoms with E-state index in [1.54, 1.807) is 0 Å². The number of anilines is 1. The smallest absolute Gasteiger partial charge is 0.416 e. The minimum atomic E-state index is -4.90. The topological polar surface area (TPSA) is 92.7 Å². The monoisotopic (exact) mass is 593 g/mol. The molecule has 0 atom stereocenters. The van der Waals surface area contributed by atoms with Crippen LogP contribution in [0.4, 0.5) is 27.6 Å². The summed E-state index contributed by atoms with van der Waals surface area (Å²) in [6.07, 6.45) is -4.90. The molecule has 0 saturated heterocycles. The number of alkyl halides is 3. The third kappa shape index (κ3) is 7.61. The molecule has 0 unspecified atom stereocenters. The lowest BCUT2D eigenvalue weighted by molar-refractivity contribution is -0.143. The molecular weight excluding hydrogens is 573 g/mol. The van der Waals surface area contributed by atoms with Gasteiger partial charge in [-0.2, -0.15) is 13.2 Å². The number of rotatable bonds is 7. The summed E-state index contributed by atoms with van der Waals surface area (Å²) in [4.78, 5) is 36.7. The van der Waals surface area contributed by atoms with E-state index in [2.05, 4.69) is 17.2 Å². The average Bonchev–Trinajstić information content (AvgIpc) is 2.88. The Kier molecular flexibility index (Phi) is 9.09. The lowest BCUT2D eigenvalue weighted by Gasteiger charge is -2.14. The highest BCUT2D eigenvalue weighted by Crippen LogP contribution is 2.32. The predicted molar refractivity (Wildman–Crippen MR) is 140 cm³/mol. The van der Waals surface area contributed by atoms with Crippen LogP contribution < -0.4 is 10.1 Å². The van der Waals surface area contributed by atoms with E-state index < -0.39 is 58.6 Å². The van der Waals surface area contributed by atoms with Crippen LogP contribution in [0.25, 0.3) is 0 Å². The van der Waals surface area contributed by atoms with E-state index in [0.717, 1.165) is 6.07 Å². The summed E-state index contributed by atoms with van der Waals surface area (Å²) in [6, 6.07) is 7.59. The van der Waals surface area contributed by atoms with Crippen molar-refractivity contribution in [2.24, 2.45) is 5.41 Å². The van der Waals surface area contributed by atoms with Gasteiger partial charge in [-0.1, -0.05) is 23.4 Å². The van der Waals surface area contributed by atoms with Crippen molar-refractivity contribution in [3.63, 3.8) is 0 Å². The molecule has 0 heterocycles. The highest BCUT2D eigenvalue weighted by molar-refractivity contribution is 6.31. The largest absolute Gasteiger partial charge is 0.483 e. The van der Waals surface area contributed by atoms with Crippen molar-refractivity contribution in [3.8, 4) is 17.6 Å². The van der Waals surface area contributed by atoms with Gasteiger partial charge in [-0.15, -0.1) is 0 Å². The molecular formula is C29H21ClF5NO5. The Morgan fingerprint density at radius 1 is 1.02 bits per heavy atom. The second kappa shape index (κ2) is 12.0. The zero-order chi connectivity index (χ0) is 30.7. The number of halogens is 6. The van der Waals surface area contributed by atoms with Gasteiger partial charge in [0.1, 0.15) is 22.8 Å². The number of carbonyl (C=O) groups excluding carboxylic acids is 2. The van der Waals surface area contributed by atoms with Gasteiger partial charge in [-0.25, -0.2) is 8.78 Å². The van der Waals surface area contributed by atoms with E-state index in [9.17, 15) is 36.3 Å². The number of carbonyl (C=O) groups is 3. The van der Waals surface area contributed by atoms with Crippen LogP contribution in [0.15, 0.2) is 48.5 Å². The molecule has 41 heavy (non-hydrogen) atoms. The molecule has 3 rings (SSSR count). The number of aliphatic carboxylic acids is 1. The van der Waals surface area contributed by atoms with E-state index >= 15 is 0 Å². The number of carboxylic acid groups (broad SMARTS) is 1. The molecule has 2 N–H and O–H groups in total. The lowest BCUT2D eigenvalue weighted by atomic mass is 9.94. The number of ether oxygens (including phenoxy) is 1. The number of benzene rings is 3. The molecule has 3 aromatic rings. The quantitative estimate of drug-likeness (QED) is 0.182. The summed E-state index contributed by atoms with van der Waals surface area (Å²) in [6.45, 7) is 3.39. The SMILES string of the molecule is Cc1c(NC(=O)COc2ccc(Cl)cc2C(=O)c2cc(F)cc(C(F)(F)F)c2)ccc(C#CC(C)(C)C(=O)O)c1F. The molecule has 0 spiro atoms. The van der Waals surface area contributed by atoms with E-state index in [0.29, 0.717) is 12.1 Å². The predicted octanol–water partition coefficient (Wildman–Crippen LogP) is 6.66. The molecule has 0 aliphatic rings. The molecule has 0 fully saturated rings. The van der Waals surface area contributed by atoms with Crippen LogP contribution in [-0.4, -0.2) is 29.4 Å². The third-order valence-corrected chi connectivity index (χ3v) is 5.97. The molecule has 3 aromatic carbocycles. The van der Waals surface area contributed by atoms with Crippen LogP contribution in [0.3, 0.4) is 0 Å². The first-order chi connectivity index (χ1) is 19.0. The van der Waals surface area contributed by atoms with Gasteiger partial charge in [-0.05, 0) is 69.3 Å². The number of amides is 1. The van der Waals surface area contributed by atoms with E-state index in [4.69, 9.17) is 21.4 Å². The van der Waals surface area contributed by atoms with Gasteiger partial charge >= 0.3 is 12.1 Å². The zero-order valence-electron chi connectivity index (χ0n) is 21.7. The third-order valence-electron chi connectivity index (χ3n) is 5.74. The standard InChI is InChI=1S/C29H21ClF5NO5/c1-15-22(6-4-16(25(15)32)8-9-28(2,3)27(39)40)36-24(37)14-41-23-7-5-19(30)13-21(23)26(38)17-10-18(29(33,34)35)12-20(31)11-17/h4-7,10-13H,14H2,1-3H3,(H,36,37)(H,39,40). The van der Waals surface area contributed by atoms with Crippen LogP contribution in [0.5, 0.6) is 5.75 Å². The van der Waals surface area contributed by atoms with E-state index in [-0.39, 0.29) is 39.2 Å². The maximum Gasteiger partial charge on any atom is 0.416 e. The minimum absolute atomic E-state index is 0.00668. The summed E-state index contributed by atoms with van der Waals surface area (Å²) >= 11 is 5.95. The highest BCUT2D eigenvalue weighted by Gasteiger charge is 2.32. The number of nitrogens with one attached hydrogen (secondary N) is 1. The van der Waals surface area contributed by atoms with Crippen molar-refractivity contribution in [2.75, 3.05) is 11.9 Å². The van der Waals surface area contributed by atoms with Crippen molar-refractivity contribution >= 4 is 34.9 Å². The Morgan fingerprint density at radius 2 is 1.71 bits per heavy atom. The van der Waals surface area contributed by atoms with Crippen LogP contribution in [-0.2, 0) is 15.8 Å². The number of hydrogen-bond acceptors (Lipinski definition) is 4. The molecule has 0 radical (unpaired) electrons. The first-order valence-electron chi connectivity index (χ1n) is 11.7. The normalized spacial score (nSPS) is 11.3. The summed E-state index contributed by atoms with van der Waals surface area (Å²) in [5.74, 6) is -0.323. The maximum absolute atomic E-state index is 14.8. The summed E-state index contributed by atoms with van der Waals surface area (Å²) in [7, 11) is 0. The lowest BCUT2D eigenvalue weighted by Crippen LogP contribution is -2.22. The highest BCUT2D eigenvalue weighted by atomic mass is 35.5. The molecule has 6 nitrogen and oxygen atoms in total. The second-order valence-corrected chi connectivity index (χ2v) is 9.75. The van der Waals surface area contributed by atoms with Crippen LogP contribution in [0.1, 0.15) is 46.5 Å². The zero-order valence-corrected chi connectivity index (χ0v) is 22.4. The van der Waals surface area contributed by atoms with Gasteiger partial charge in [0.25, 0.3) is 5.91 Å². The molecule has 12 heteroatoms. The van der Waals surface area contributed by atoms with Gasteiger partial charge in [-0.3, -0.25) is 14.4 Å². The van der Waals surface area contributed by atoms with E-state index in [1.165, 1.54) is 45.0 Å². The van der Waals surface area contributed by atoms with Crippen molar-refractivity contribution < 1.29 is 46.2 Å². The number of hydrogen-bond donors (Lipinski definition) is 2. The second-order valence-electron chi connectivity index (χ2n) is 9.31. The summed E-state index contributed by atoms with van der Waals surface area (Å²) in [5.41, 5.74) is -3.73. The number of carboxylic acids is 1. The van der Waals surface area contributed by atoms with Crippen molar-refractivity contribution in [1.29, 1.82) is 0 Å². The molecule has 0 saturated carbocycles. The van der Waals surface area contributed by atoms with Gasteiger partial charge in [0.15, 0.2) is 12.4 Å². The van der Waals surface area contributed by atoms with Crippen molar-refractivity contribution in [2.45, 2.75) is 26.9 Å². The molecule has 0 aliphatic heterocycles. The van der Waals surface area contributed by atoms with Gasteiger partial charge in [0.2, 0.25) is 0 Å². The van der Waals surface area contributed by atoms with Gasteiger partial charge in [0.05, 0.1) is 16.7 Å².